The van der Waals surface area contributed by atoms with Crippen molar-refractivity contribution < 1.29 is 19.5 Å². The number of amides is 3. The average Bonchev–Trinajstić information content (AvgIpc) is 2.71. The van der Waals surface area contributed by atoms with E-state index in [1.807, 2.05) is 6.92 Å². The number of aromatic nitrogens is 1. The van der Waals surface area contributed by atoms with Crippen LogP contribution in [0.5, 0.6) is 0 Å². The second kappa shape index (κ2) is 7.47. The number of aryl methyl sites for hydroxylation is 1. The molecule has 1 rings (SSSR count). The lowest BCUT2D eigenvalue weighted by molar-refractivity contribution is -0.137. The van der Waals surface area contributed by atoms with Gasteiger partial charge in [-0.3, -0.25) is 14.9 Å². The first-order chi connectivity index (χ1) is 8.99. The van der Waals surface area contributed by atoms with E-state index in [9.17, 15) is 14.4 Å². The number of aliphatic carboxylic acids is 1. The number of hydrogen-bond acceptors (Lipinski definition) is 5. The van der Waals surface area contributed by atoms with Crippen LogP contribution in [-0.4, -0.2) is 28.0 Å². The number of nitrogens with zero attached hydrogens (tertiary/aromatic N) is 1. The fraction of sp³-hybridized carbons (Fsp3) is 0.455. The quantitative estimate of drug-likeness (QED) is 0.723. The van der Waals surface area contributed by atoms with Gasteiger partial charge in [0.2, 0.25) is 5.91 Å². The molecule has 1 aromatic heterocycles. The predicted octanol–water partition coefficient (Wildman–Crippen LogP) is 1.03. The molecule has 104 valence electrons. The molecule has 0 spiro atoms. The Kier molecular flexibility index (Phi) is 5.94. The normalized spacial score (nSPS) is 9.95. The van der Waals surface area contributed by atoms with Crippen LogP contribution < -0.4 is 10.6 Å². The minimum Gasteiger partial charge on any atom is -0.481 e. The van der Waals surface area contributed by atoms with Crippen molar-refractivity contribution in [3.8, 4) is 0 Å². The number of nitrogens with one attached hydrogen (secondary N) is 2. The van der Waals surface area contributed by atoms with Gasteiger partial charge in [-0.2, -0.15) is 0 Å². The molecule has 0 saturated carbocycles. The van der Waals surface area contributed by atoms with Gasteiger partial charge in [0.25, 0.3) is 0 Å². The van der Waals surface area contributed by atoms with Crippen molar-refractivity contribution in [1.29, 1.82) is 0 Å². The molecule has 0 radical (unpaired) electrons. The molecule has 0 aromatic carbocycles. The zero-order valence-corrected chi connectivity index (χ0v) is 11.2. The fourth-order valence-corrected chi connectivity index (χ4v) is 2.01. The van der Waals surface area contributed by atoms with Gasteiger partial charge in [0.1, 0.15) is 0 Å². The van der Waals surface area contributed by atoms with E-state index < -0.39 is 17.9 Å². The Bertz CT molecular complexity index is 472. The lowest BCUT2D eigenvalue weighted by atomic mass is 10.2. The van der Waals surface area contributed by atoms with Crippen LogP contribution in [0.15, 0.2) is 5.51 Å². The van der Waals surface area contributed by atoms with Crippen molar-refractivity contribution in [1.82, 2.24) is 15.6 Å². The molecule has 1 aromatic rings. The first-order valence-electron chi connectivity index (χ1n) is 5.67. The van der Waals surface area contributed by atoms with E-state index in [1.54, 1.807) is 5.51 Å². The molecule has 8 heteroatoms. The first-order valence-corrected chi connectivity index (χ1v) is 6.55. The molecule has 0 saturated heterocycles. The van der Waals surface area contributed by atoms with Crippen molar-refractivity contribution >= 4 is 29.2 Å². The second-order valence-corrected chi connectivity index (χ2v) is 4.78. The highest BCUT2D eigenvalue weighted by molar-refractivity contribution is 7.09. The number of imide groups is 1. The van der Waals surface area contributed by atoms with E-state index in [1.165, 1.54) is 11.3 Å². The van der Waals surface area contributed by atoms with Crippen LogP contribution in [0.25, 0.3) is 0 Å². The number of carboxylic acid groups (broad SMARTS) is 1. The molecule has 0 aliphatic rings. The summed E-state index contributed by atoms with van der Waals surface area (Å²) in [6.07, 6.45) is 0.136. The van der Waals surface area contributed by atoms with Gasteiger partial charge in [-0.25, -0.2) is 9.78 Å². The van der Waals surface area contributed by atoms with Gasteiger partial charge in [0, 0.05) is 17.7 Å². The van der Waals surface area contributed by atoms with E-state index in [0.717, 1.165) is 10.6 Å². The molecular formula is C11H15N3O4S. The molecule has 3 N–H and O–H groups in total. The fourth-order valence-electron chi connectivity index (χ4n) is 1.29. The van der Waals surface area contributed by atoms with Crippen molar-refractivity contribution in [2.24, 2.45) is 0 Å². The topological polar surface area (TPSA) is 108 Å². The number of thiazole rings is 1. The monoisotopic (exact) mass is 285 g/mol. The molecular weight excluding hydrogens is 270 g/mol. The Morgan fingerprint density at radius 2 is 2.11 bits per heavy atom. The highest BCUT2D eigenvalue weighted by Gasteiger charge is 2.09. The smallest absolute Gasteiger partial charge is 0.321 e. The summed E-state index contributed by atoms with van der Waals surface area (Å²) in [5, 5.41) is 13.1. The summed E-state index contributed by atoms with van der Waals surface area (Å²) in [5.41, 5.74) is 2.53. The maximum absolute atomic E-state index is 11.4. The second-order valence-electron chi connectivity index (χ2n) is 3.84. The molecule has 19 heavy (non-hydrogen) atoms. The molecule has 0 unspecified atom stereocenters. The maximum atomic E-state index is 11.4. The van der Waals surface area contributed by atoms with Gasteiger partial charge >= 0.3 is 12.0 Å². The van der Waals surface area contributed by atoms with Gasteiger partial charge in [-0.05, 0) is 13.3 Å². The van der Waals surface area contributed by atoms with Crippen LogP contribution in [0, 0.1) is 6.92 Å². The molecule has 0 aliphatic carbocycles. The van der Waals surface area contributed by atoms with Crippen molar-refractivity contribution in [2.75, 3.05) is 0 Å². The summed E-state index contributed by atoms with van der Waals surface area (Å²) < 4.78 is 0. The van der Waals surface area contributed by atoms with E-state index in [2.05, 4.69) is 15.6 Å². The maximum Gasteiger partial charge on any atom is 0.321 e. The minimum absolute atomic E-state index is 0.0132. The van der Waals surface area contributed by atoms with Crippen LogP contribution in [-0.2, 0) is 16.1 Å². The first kappa shape index (κ1) is 15.1. The summed E-state index contributed by atoms with van der Waals surface area (Å²) >= 11 is 1.42. The molecule has 1 heterocycles. The predicted molar refractivity (Wildman–Crippen MR) is 68.7 cm³/mol. The minimum atomic E-state index is -0.960. The third-order valence-corrected chi connectivity index (χ3v) is 3.24. The third kappa shape index (κ3) is 5.96. The molecule has 0 atom stereocenters. The van der Waals surface area contributed by atoms with Gasteiger partial charge in [0.05, 0.1) is 17.7 Å². The Morgan fingerprint density at radius 3 is 2.68 bits per heavy atom. The number of rotatable bonds is 6. The van der Waals surface area contributed by atoms with Crippen LogP contribution in [0.4, 0.5) is 4.79 Å². The Morgan fingerprint density at radius 1 is 1.37 bits per heavy atom. The third-order valence-electron chi connectivity index (χ3n) is 2.30. The molecule has 0 fully saturated rings. The number of hydrogen-bond donors (Lipinski definition) is 3. The highest BCUT2D eigenvalue weighted by atomic mass is 32.1. The van der Waals surface area contributed by atoms with E-state index in [0.29, 0.717) is 6.54 Å². The summed E-state index contributed by atoms with van der Waals surface area (Å²) in [6.45, 7) is 2.15. The molecule has 7 nitrogen and oxygen atoms in total. The number of carbonyl (C=O) groups is 3. The zero-order valence-electron chi connectivity index (χ0n) is 10.4. The Balaban J connectivity index is 2.22. The molecule has 3 amide bonds. The summed E-state index contributed by atoms with van der Waals surface area (Å²) in [5.74, 6) is -1.45. The van der Waals surface area contributed by atoms with Crippen molar-refractivity contribution in [3.05, 3.63) is 16.1 Å². The van der Waals surface area contributed by atoms with E-state index >= 15 is 0 Å². The molecule has 0 aliphatic heterocycles. The van der Waals surface area contributed by atoms with Gasteiger partial charge in [-0.1, -0.05) is 0 Å². The standard InChI is InChI=1S/C11H15N3O4S/c1-7-8(19-6-13-7)5-12-11(18)14-9(15)3-2-4-10(16)17/h6H,2-5H2,1H3,(H,16,17)(H2,12,14,15,18). The number of carbonyl (C=O) groups excluding carboxylic acids is 2. The summed E-state index contributed by atoms with van der Waals surface area (Å²) in [7, 11) is 0. The Hall–Kier alpha value is -1.96. The van der Waals surface area contributed by atoms with Crippen LogP contribution in [0.1, 0.15) is 29.8 Å². The lowest BCUT2D eigenvalue weighted by Crippen LogP contribution is -2.38. The van der Waals surface area contributed by atoms with Crippen molar-refractivity contribution in [3.63, 3.8) is 0 Å². The van der Waals surface area contributed by atoms with Crippen molar-refractivity contribution in [2.45, 2.75) is 32.7 Å². The van der Waals surface area contributed by atoms with Gasteiger partial charge < -0.3 is 10.4 Å². The number of urea groups is 1. The van der Waals surface area contributed by atoms with Gasteiger partial charge in [-0.15, -0.1) is 11.3 Å². The Labute approximate surface area is 114 Å². The summed E-state index contributed by atoms with van der Waals surface area (Å²) in [4.78, 5) is 37.9. The summed E-state index contributed by atoms with van der Waals surface area (Å²) in [6, 6.07) is -0.590. The van der Waals surface area contributed by atoms with Crippen LogP contribution in [0.2, 0.25) is 0 Å². The highest BCUT2D eigenvalue weighted by Crippen LogP contribution is 2.10. The van der Waals surface area contributed by atoms with Gasteiger partial charge in [0.15, 0.2) is 0 Å². The zero-order chi connectivity index (χ0) is 14.3. The number of carboxylic acids is 1. The van der Waals surface area contributed by atoms with Crippen LogP contribution in [0.3, 0.4) is 0 Å². The lowest BCUT2D eigenvalue weighted by Gasteiger charge is -2.05. The largest absolute Gasteiger partial charge is 0.481 e. The molecule has 0 bridgehead atoms. The average molecular weight is 285 g/mol. The van der Waals surface area contributed by atoms with E-state index in [-0.39, 0.29) is 19.3 Å². The van der Waals surface area contributed by atoms with E-state index in [4.69, 9.17) is 5.11 Å². The SMILES string of the molecule is Cc1ncsc1CNC(=O)NC(=O)CCCC(=O)O. The van der Waals surface area contributed by atoms with Crippen LogP contribution >= 0.6 is 11.3 Å².